The van der Waals surface area contributed by atoms with Crippen LogP contribution in [0.4, 0.5) is 5.69 Å². The Hall–Kier alpha value is -1.40. The molecule has 0 bridgehead atoms. The molecule has 5 nitrogen and oxygen atoms in total. The molecule has 0 aliphatic heterocycles. The molecule has 1 amide bonds. The van der Waals surface area contributed by atoms with E-state index in [1.807, 2.05) is 0 Å². The van der Waals surface area contributed by atoms with Crippen molar-refractivity contribution < 1.29 is 32.8 Å². The summed E-state index contributed by atoms with van der Waals surface area (Å²) < 4.78 is 114. The number of hydrogen-bond donors (Lipinski definition) is 2. The van der Waals surface area contributed by atoms with Gasteiger partial charge in [0.05, 0.1) is 4.11 Å². The van der Waals surface area contributed by atoms with E-state index < -0.39 is 76.8 Å². The lowest BCUT2D eigenvalue weighted by Gasteiger charge is -2.12. The fourth-order valence-corrected chi connectivity index (χ4v) is 1.37. The van der Waals surface area contributed by atoms with Crippen molar-refractivity contribution in [3.05, 3.63) is 29.3 Å². The zero-order valence-electron chi connectivity index (χ0n) is 19.3. The fourth-order valence-electron chi connectivity index (χ4n) is 0.966. The lowest BCUT2D eigenvalue weighted by molar-refractivity contribution is -0.113. The normalized spacial score (nSPS) is 23.0. The lowest BCUT2D eigenvalue weighted by Crippen LogP contribution is -2.23. The summed E-state index contributed by atoms with van der Waals surface area (Å²) >= 11 is 0. The summed E-state index contributed by atoms with van der Waals surface area (Å²) in [5.74, 6) is -3.14. The van der Waals surface area contributed by atoms with Gasteiger partial charge in [0.15, 0.2) is 5.75 Å². The quantitative estimate of drug-likeness (QED) is 0.808. The number of benzene rings is 1. The molecule has 17 heavy (non-hydrogen) atoms. The first kappa shape index (κ1) is 4.70. The van der Waals surface area contributed by atoms with Gasteiger partial charge in [0.25, 0.3) is 10.1 Å². The first-order valence-corrected chi connectivity index (χ1v) is 5.72. The van der Waals surface area contributed by atoms with E-state index in [0.717, 1.165) is 0 Å². The van der Waals surface area contributed by atoms with Crippen molar-refractivity contribution in [1.29, 1.82) is 0 Å². The lowest BCUT2D eigenvalue weighted by atomic mass is 10.1. The van der Waals surface area contributed by atoms with Crippen LogP contribution in [0.15, 0.2) is 18.1 Å². The van der Waals surface area contributed by atoms with Crippen LogP contribution in [0.5, 0.6) is 0 Å². The molecule has 0 radical (unpaired) electrons. The molecule has 0 aliphatic rings. The molecule has 0 aromatic heterocycles. The van der Waals surface area contributed by atoms with Crippen molar-refractivity contribution in [2.45, 2.75) is 20.1 Å². The average molecular weight is 268 g/mol. The first-order valence-electron chi connectivity index (χ1n) is 9.61. The predicted molar refractivity (Wildman–Crippen MR) is 65.6 cm³/mol. The Morgan fingerprint density at radius 2 is 2.41 bits per heavy atom. The number of para-hydroxylation sites is 1. The maximum absolute atomic E-state index is 11.9. The van der Waals surface area contributed by atoms with Crippen LogP contribution in [0.3, 0.4) is 0 Å². The summed E-state index contributed by atoms with van der Waals surface area (Å²) in [6.45, 7) is -6.74. The molecule has 0 unspecified atom stereocenters. The van der Waals surface area contributed by atoms with E-state index in [4.69, 9.17) is 19.6 Å². The van der Waals surface area contributed by atoms with Crippen molar-refractivity contribution in [1.82, 2.24) is 0 Å². The van der Waals surface area contributed by atoms with Gasteiger partial charge in [-0.15, -0.1) is 0 Å². The highest BCUT2D eigenvalue weighted by Crippen LogP contribution is 2.20. The van der Waals surface area contributed by atoms with E-state index in [1.165, 1.54) is 0 Å². The van der Waals surface area contributed by atoms with Crippen LogP contribution in [0.2, 0.25) is 0 Å². The summed E-state index contributed by atoms with van der Waals surface area (Å²) in [5, 5.41) is 1.68. The molecular formula is C11H15NO4S. The van der Waals surface area contributed by atoms with Crippen molar-refractivity contribution in [2.24, 2.45) is 0 Å². The molecule has 6 heteroatoms. The third-order valence-corrected chi connectivity index (χ3v) is 2.20. The molecule has 0 fully saturated rings. The summed E-state index contributed by atoms with van der Waals surface area (Å²) in [6, 6.07) is -3.36. The number of rotatable bonds is 4. The number of anilines is 1. The van der Waals surface area contributed by atoms with Crippen LogP contribution in [0.25, 0.3) is 0 Å². The largest absolute Gasteiger partial charge is 0.325 e. The zero-order valence-corrected chi connectivity index (χ0v) is 9.10. The van der Waals surface area contributed by atoms with E-state index in [-0.39, 0.29) is 0 Å². The number of carbonyl (C=O) groups excluding carboxylic acids is 1. The van der Waals surface area contributed by atoms with Crippen LogP contribution in [-0.2, 0) is 21.3 Å². The van der Waals surface area contributed by atoms with Gasteiger partial charge in [-0.05, 0) is 24.4 Å². The molecular weight excluding hydrogens is 242 g/mol. The Bertz CT molecular complexity index is 905. The molecule has 1 aromatic rings. The van der Waals surface area contributed by atoms with E-state index in [2.05, 4.69) is 0 Å². The number of amides is 1. The Labute approximate surface area is 116 Å². The molecule has 0 aliphatic carbocycles. The minimum absolute atomic E-state index is 1.10. The molecule has 0 saturated carbocycles. The van der Waals surface area contributed by atoms with Crippen molar-refractivity contribution >= 4 is 21.7 Å². The summed E-state index contributed by atoms with van der Waals surface area (Å²) in [4.78, 5) is 11.9. The van der Waals surface area contributed by atoms with Crippen LogP contribution >= 0.6 is 0 Å². The number of nitrogens with one attached hydrogen (secondary N) is 1. The fraction of sp³-hybridized carbons (Fsp3) is 0.364. The van der Waals surface area contributed by atoms with Crippen LogP contribution in [0.1, 0.15) is 33.1 Å². The predicted octanol–water partition coefficient (Wildman–Crippen LogP) is 1.38. The summed E-state index contributed by atoms with van der Waals surface area (Å²) in [6.07, 6.45) is -3.45. The molecule has 1 rings (SSSR count). The van der Waals surface area contributed by atoms with Gasteiger partial charge in [0.1, 0.15) is 0 Å². The van der Waals surface area contributed by atoms with Gasteiger partial charge in [-0.1, -0.05) is 25.0 Å². The Morgan fingerprint density at radius 3 is 3.00 bits per heavy atom. The smallest absolute Gasteiger partial charge is 0.274 e. The molecule has 0 saturated heterocycles. The summed E-state index contributed by atoms with van der Waals surface area (Å²) in [5.41, 5.74) is -3.48. The van der Waals surface area contributed by atoms with Crippen LogP contribution < -0.4 is 5.32 Å². The Morgan fingerprint density at radius 1 is 1.65 bits per heavy atom. The topological polar surface area (TPSA) is 83.5 Å². The maximum Gasteiger partial charge on any atom is 0.274 e. The van der Waals surface area contributed by atoms with E-state index in [1.54, 1.807) is 5.32 Å². The SMILES string of the molecule is [2H]c1c([2H])c(C([2H])([2H])[2H])c(NC(=O)CS(=O)(=O)O)c(C([2H])([2H])C([2H])([2H])[2H])c1[2H]. The first-order chi connectivity index (χ1) is 12.2. The van der Waals surface area contributed by atoms with Crippen LogP contribution in [-0.4, -0.2) is 24.6 Å². The van der Waals surface area contributed by atoms with Gasteiger partial charge in [-0.3, -0.25) is 9.35 Å². The van der Waals surface area contributed by atoms with E-state index >= 15 is 0 Å². The highest BCUT2D eigenvalue weighted by atomic mass is 32.2. The zero-order chi connectivity index (χ0) is 22.5. The van der Waals surface area contributed by atoms with E-state index in [0.29, 0.717) is 0 Å². The Kier molecular flexibility index (Phi) is 1.46. The second-order valence-electron chi connectivity index (χ2n) is 2.90. The Balaban J connectivity index is 3.99. The number of hydrogen-bond acceptors (Lipinski definition) is 3. The second kappa shape index (κ2) is 5.29. The van der Waals surface area contributed by atoms with Gasteiger partial charge in [-0.2, -0.15) is 8.42 Å². The second-order valence-corrected chi connectivity index (χ2v) is 4.35. The molecule has 0 heterocycles. The standard InChI is InChI=1S/C11H15NO4S/c1-3-9-6-4-5-8(2)11(9)12-10(13)7-17(14,15)16/h4-6H,3,7H2,1-2H3,(H,12,13)(H,14,15,16)/i1D3,2D3,3D2,4D,5D,6D. The van der Waals surface area contributed by atoms with Gasteiger partial charge < -0.3 is 5.32 Å². The number of carbonyl (C=O) groups is 1. The van der Waals surface area contributed by atoms with Crippen molar-refractivity contribution in [3.63, 3.8) is 0 Å². The van der Waals surface area contributed by atoms with Gasteiger partial charge >= 0.3 is 0 Å². The third-order valence-electron chi connectivity index (χ3n) is 1.58. The van der Waals surface area contributed by atoms with Crippen molar-refractivity contribution in [3.8, 4) is 0 Å². The third kappa shape index (κ3) is 4.16. The highest BCUT2D eigenvalue weighted by molar-refractivity contribution is 7.86. The minimum atomic E-state index is -4.89. The summed E-state index contributed by atoms with van der Waals surface area (Å²) in [7, 11) is -4.89. The van der Waals surface area contributed by atoms with Crippen LogP contribution in [0, 0.1) is 6.85 Å². The molecule has 0 spiro atoms. The molecule has 2 N–H and O–H groups in total. The molecule has 0 atom stereocenters. The van der Waals surface area contributed by atoms with E-state index in [9.17, 15) is 13.2 Å². The molecule has 94 valence electrons. The van der Waals surface area contributed by atoms with Gasteiger partial charge in [-0.25, -0.2) is 0 Å². The van der Waals surface area contributed by atoms with Gasteiger partial charge in [0.2, 0.25) is 5.91 Å². The monoisotopic (exact) mass is 268 g/mol. The van der Waals surface area contributed by atoms with Gasteiger partial charge in [0, 0.05) is 16.7 Å². The molecule has 1 aromatic carbocycles. The highest BCUT2D eigenvalue weighted by Gasteiger charge is 2.14. The minimum Gasteiger partial charge on any atom is -0.325 e. The van der Waals surface area contributed by atoms with Crippen molar-refractivity contribution in [2.75, 3.05) is 11.1 Å². The maximum atomic E-state index is 11.9. The average Bonchev–Trinajstić information content (AvgIpc) is 2.39.